The number of carbonyl (C=O) groups is 4. The van der Waals surface area contributed by atoms with Gasteiger partial charge in [0, 0.05) is 50.7 Å². The van der Waals surface area contributed by atoms with Gasteiger partial charge in [-0.3, -0.25) is 24.5 Å². The Morgan fingerprint density at radius 1 is 1.16 bits per heavy atom. The highest BCUT2D eigenvalue weighted by atomic mass is 35.5. The highest BCUT2D eigenvalue weighted by Crippen LogP contribution is 2.49. The molecule has 2 aromatic rings. The van der Waals surface area contributed by atoms with Crippen molar-refractivity contribution in [1.29, 1.82) is 0 Å². The molecule has 2 amide bonds. The number of hydrogen-bond acceptors (Lipinski definition) is 11. The third-order valence-corrected chi connectivity index (χ3v) is 11.8. The van der Waals surface area contributed by atoms with Crippen LogP contribution < -0.4 is 4.90 Å². The van der Waals surface area contributed by atoms with Gasteiger partial charge in [-0.25, -0.2) is 4.79 Å². The van der Waals surface area contributed by atoms with E-state index in [1.165, 1.54) is 51.1 Å². The second-order valence-electron chi connectivity index (χ2n) is 15.5. The maximum absolute atomic E-state index is 14.2. The normalized spacial score (nSPS) is 30.2. The van der Waals surface area contributed by atoms with E-state index in [-0.39, 0.29) is 36.1 Å². The SMILES string of the molecule is CO[C@@H]1/C=C/C=C(\C)Cc2cc(C)c(Cl)c(c2)N(C)C(=O)C[C@H](OC(=O)[C@H](C)N(C)C(=O)c2ccc([N+](=O)[O-])c(C)c2)[C@]2(C)O[C@H]2[C@H](C)[C@@H]2C[C@@]1(O)CC(=O)O2. The van der Waals surface area contributed by atoms with Gasteiger partial charge in [-0.05, 0) is 70.4 Å². The van der Waals surface area contributed by atoms with E-state index in [0.29, 0.717) is 17.1 Å². The van der Waals surface area contributed by atoms with Crippen LogP contribution in [0.4, 0.5) is 11.4 Å². The van der Waals surface area contributed by atoms with Crippen molar-refractivity contribution in [2.75, 3.05) is 26.1 Å². The summed E-state index contributed by atoms with van der Waals surface area (Å²) in [5, 5.41) is 23.6. The smallest absolute Gasteiger partial charge is 0.328 e. The summed E-state index contributed by atoms with van der Waals surface area (Å²) in [7, 11) is 4.46. The number of aliphatic hydroxyl groups is 1. The number of halogens is 1. The summed E-state index contributed by atoms with van der Waals surface area (Å²) in [5.41, 5.74) is 0.494. The zero-order valence-electron chi connectivity index (χ0n) is 33.2. The van der Waals surface area contributed by atoms with Gasteiger partial charge in [-0.1, -0.05) is 48.4 Å². The molecule has 1 N–H and O–H groups in total. The molecule has 2 aromatic carbocycles. The highest BCUT2D eigenvalue weighted by Gasteiger charge is 2.64. The van der Waals surface area contributed by atoms with Crippen molar-refractivity contribution in [3.63, 3.8) is 0 Å². The number of allylic oxidation sites excluding steroid dienone is 3. The number of carbonyl (C=O) groups excluding carboxylic acids is 4. The van der Waals surface area contributed by atoms with Crippen LogP contribution in [-0.2, 0) is 39.8 Å². The molecule has 8 atom stereocenters. The number of hydrogen-bond donors (Lipinski definition) is 1. The lowest BCUT2D eigenvalue weighted by molar-refractivity contribution is -0.385. The molecule has 0 aliphatic carbocycles. The molecule has 0 spiro atoms. The Morgan fingerprint density at radius 2 is 1.86 bits per heavy atom. The number of amides is 2. The molecule has 15 heteroatoms. The van der Waals surface area contributed by atoms with E-state index < -0.39 is 76.3 Å². The molecule has 302 valence electrons. The maximum atomic E-state index is 14.2. The maximum Gasteiger partial charge on any atom is 0.328 e. The van der Waals surface area contributed by atoms with Gasteiger partial charge in [0.05, 0.1) is 34.6 Å². The van der Waals surface area contributed by atoms with Crippen molar-refractivity contribution in [3.8, 4) is 0 Å². The van der Waals surface area contributed by atoms with E-state index in [2.05, 4.69) is 0 Å². The number of nitro benzene ring substituents is 1. The molecule has 0 saturated carbocycles. The summed E-state index contributed by atoms with van der Waals surface area (Å²) < 4.78 is 23.8. The summed E-state index contributed by atoms with van der Waals surface area (Å²) in [6.45, 7) is 10.3. The Bertz CT molecular complexity index is 1980. The van der Waals surface area contributed by atoms with E-state index >= 15 is 0 Å². The van der Waals surface area contributed by atoms with Gasteiger partial charge in [0.2, 0.25) is 5.91 Å². The Kier molecular flexibility index (Phi) is 12.5. The number of esters is 2. The molecule has 3 heterocycles. The first-order valence-electron chi connectivity index (χ1n) is 18.5. The number of benzene rings is 2. The molecular weight excluding hydrogens is 746 g/mol. The fourth-order valence-corrected chi connectivity index (χ4v) is 7.90. The molecule has 0 unspecified atom stereocenters. The van der Waals surface area contributed by atoms with Gasteiger partial charge in [0.1, 0.15) is 35.6 Å². The highest BCUT2D eigenvalue weighted by molar-refractivity contribution is 6.34. The van der Waals surface area contributed by atoms with Crippen molar-refractivity contribution in [3.05, 3.63) is 91.5 Å². The molecule has 5 rings (SSSR count). The van der Waals surface area contributed by atoms with Crippen LogP contribution in [0.2, 0.25) is 5.02 Å². The quantitative estimate of drug-likeness (QED) is 0.167. The Balaban J connectivity index is 1.50. The van der Waals surface area contributed by atoms with Crippen LogP contribution in [0.1, 0.15) is 74.0 Å². The molecule has 3 aliphatic rings. The first-order chi connectivity index (χ1) is 26.2. The van der Waals surface area contributed by atoms with E-state index in [4.69, 9.17) is 30.5 Å². The minimum absolute atomic E-state index is 0.0309. The summed E-state index contributed by atoms with van der Waals surface area (Å²) in [5.74, 6) is -2.97. The molecule has 56 heavy (non-hydrogen) atoms. The number of ether oxygens (including phenoxy) is 4. The van der Waals surface area contributed by atoms with E-state index in [1.807, 2.05) is 32.1 Å². The Labute approximate surface area is 331 Å². The van der Waals surface area contributed by atoms with Gasteiger partial charge in [-0.15, -0.1) is 0 Å². The number of aryl methyl sites for hydroxylation is 2. The monoisotopic (exact) mass is 795 g/mol. The zero-order chi connectivity index (χ0) is 41.4. The van der Waals surface area contributed by atoms with Crippen LogP contribution in [0.25, 0.3) is 0 Å². The summed E-state index contributed by atoms with van der Waals surface area (Å²) >= 11 is 6.78. The third-order valence-electron chi connectivity index (χ3n) is 11.3. The van der Waals surface area contributed by atoms with Gasteiger partial charge in [0.25, 0.3) is 11.6 Å². The van der Waals surface area contributed by atoms with Crippen molar-refractivity contribution in [1.82, 2.24) is 4.90 Å². The van der Waals surface area contributed by atoms with Crippen LogP contribution in [0.15, 0.2) is 54.1 Å². The van der Waals surface area contributed by atoms with Crippen molar-refractivity contribution in [2.24, 2.45) is 5.92 Å². The lowest BCUT2D eigenvalue weighted by atomic mass is 9.78. The number of epoxide rings is 1. The average molecular weight is 796 g/mol. The number of methoxy groups -OCH3 is 1. The lowest BCUT2D eigenvalue weighted by Crippen LogP contribution is -2.53. The topological polar surface area (TPSA) is 178 Å². The van der Waals surface area contributed by atoms with Crippen molar-refractivity contribution < 1.29 is 48.2 Å². The number of fused-ring (bicyclic) bond motifs is 5. The van der Waals surface area contributed by atoms with Gasteiger partial charge >= 0.3 is 11.9 Å². The van der Waals surface area contributed by atoms with Gasteiger partial charge in [-0.2, -0.15) is 0 Å². The predicted molar refractivity (Wildman–Crippen MR) is 207 cm³/mol. The number of nitro groups is 1. The van der Waals surface area contributed by atoms with Crippen LogP contribution in [-0.4, -0.2) is 102 Å². The molecule has 4 bridgehead atoms. The first kappa shape index (κ1) is 42.5. The summed E-state index contributed by atoms with van der Waals surface area (Å²) in [6, 6.07) is 6.55. The molecular formula is C41H50ClN3O11. The largest absolute Gasteiger partial charge is 0.462 e. The molecule has 0 aromatic heterocycles. The van der Waals surface area contributed by atoms with Crippen molar-refractivity contribution in [2.45, 2.75) is 109 Å². The molecule has 0 radical (unpaired) electrons. The van der Waals surface area contributed by atoms with Gasteiger partial charge < -0.3 is 33.9 Å². The van der Waals surface area contributed by atoms with E-state index in [1.54, 1.807) is 33.0 Å². The predicted octanol–water partition coefficient (Wildman–Crippen LogP) is 5.59. The minimum Gasteiger partial charge on any atom is -0.462 e. The lowest BCUT2D eigenvalue weighted by Gasteiger charge is -2.41. The fraction of sp³-hybridized carbons (Fsp3) is 0.512. The standard InChI is InChI=1S/C41H50ClN3O11/c1-22-11-10-12-32(53-9)41(50)20-31(54-35(47)21-41)25(4)37-40(6,56-37)33(19-34(46)44(8)30-18-27(15-22)16-24(3)36(30)42)55-39(49)26(5)43(7)38(48)28-13-14-29(45(51)52)23(2)17-28/h10-14,16-18,25-26,31-33,37,50H,15,19-21H2,1-9H3/b12-10+,22-11+/t25-,26+,31+,32-,33+,37+,40+,41-/m1/s1. The zero-order valence-corrected chi connectivity index (χ0v) is 33.9. The Hall–Kier alpha value is -4.63. The number of nitrogens with zero attached hydrogens (tertiary/aromatic N) is 3. The second kappa shape index (κ2) is 16.5. The average Bonchev–Trinajstić information content (AvgIpc) is 3.83. The van der Waals surface area contributed by atoms with Crippen molar-refractivity contribution >= 4 is 46.7 Å². The molecule has 3 aliphatic heterocycles. The van der Waals surface area contributed by atoms with Crippen LogP contribution in [0, 0.1) is 29.9 Å². The minimum atomic E-state index is -1.60. The first-order valence-corrected chi connectivity index (χ1v) is 18.8. The van der Waals surface area contributed by atoms with Crippen LogP contribution >= 0.6 is 11.6 Å². The molecule has 2 saturated heterocycles. The van der Waals surface area contributed by atoms with Crippen LogP contribution in [0.5, 0.6) is 0 Å². The van der Waals surface area contributed by atoms with E-state index in [9.17, 15) is 34.4 Å². The number of rotatable bonds is 6. The summed E-state index contributed by atoms with van der Waals surface area (Å²) in [4.78, 5) is 67.9. The fourth-order valence-electron chi connectivity index (χ4n) is 7.67. The second-order valence-corrected chi connectivity index (χ2v) is 15.9. The van der Waals surface area contributed by atoms with E-state index in [0.717, 1.165) is 21.6 Å². The Morgan fingerprint density at radius 3 is 2.50 bits per heavy atom. The third kappa shape index (κ3) is 8.68. The molecule has 14 nitrogen and oxygen atoms in total. The number of anilines is 1. The molecule has 2 fully saturated rings. The van der Waals surface area contributed by atoms with Gasteiger partial charge in [0.15, 0.2) is 0 Å². The van der Waals surface area contributed by atoms with Crippen LogP contribution in [0.3, 0.4) is 0 Å². The summed E-state index contributed by atoms with van der Waals surface area (Å²) in [6.07, 6.45) is 1.78. The number of likely N-dealkylation sites (N-methyl/N-ethyl adjacent to an activating group) is 1.